The number of halogens is 4. The first kappa shape index (κ1) is 21.6. The van der Waals surface area contributed by atoms with Crippen LogP contribution in [0.5, 0.6) is 0 Å². The van der Waals surface area contributed by atoms with Gasteiger partial charge in [0.2, 0.25) is 0 Å². The fourth-order valence-corrected chi connectivity index (χ4v) is 3.29. The lowest BCUT2D eigenvalue weighted by Gasteiger charge is -2.13. The number of nitrogens with one attached hydrogen (secondary N) is 2. The molecule has 0 spiro atoms. The summed E-state index contributed by atoms with van der Waals surface area (Å²) in [6.07, 6.45) is -2.95. The Labute approximate surface area is 186 Å². The molecule has 2 aromatic heterocycles. The van der Waals surface area contributed by atoms with Crippen molar-refractivity contribution >= 4 is 39.8 Å². The van der Waals surface area contributed by atoms with E-state index >= 15 is 0 Å². The lowest BCUT2D eigenvalue weighted by molar-refractivity contribution is -0.137. The number of para-hydroxylation sites is 1. The van der Waals surface area contributed by atoms with E-state index in [-0.39, 0.29) is 16.4 Å². The van der Waals surface area contributed by atoms with Crippen LogP contribution in [0.25, 0.3) is 22.3 Å². The molecular weight excluding hydrogens is 441 g/mol. The maximum atomic E-state index is 13.2. The maximum absolute atomic E-state index is 13.2. The van der Waals surface area contributed by atoms with Crippen LogP contribution in [0.4, 0.5) is 30.5 Å². The Morgan fingerprint density at radius 2 is 1.72 bits per heavy atom. The molecule has 0 amide bonds. The minimum absolute atomic E-state index is 0.107. The molecule has 10 heteroatoms. The molecule has 0 fully saturated rings. The molecule has 0 aliphatic carbocycles. The number of nitrogens with two attached hydrogens (primary N) is 1. The quantitative estimate of drug-likeness (QED) is 0.332. The van der Waals surface area contributed by atoms with Crippen molar-refractivity contribution in [2.45, 2.75) is 6.18 Å². The van der Waals surface area contributed by atoms with Gasteiger partial charge in [0.1, 0.15) is 11.6 Å². The zero-order chi connectivity index (χ0) is 22.7. The second kappa shape index (κ2) is 8.88. The van der Waals surface area contributed by atoms with E-state index in [4.69, 9.17) is 17.3 Å². The number of pyridine rings is 1. The van der Waals surface area contributed by atoms with Gasteiger partial charge in [0, 0.05) is 24.0 Å². The number of hydrogen-bond donors (Lipinski definition) is 3. The summed E-state index contributed by atoms with van der Waals surface area (Å²) < 4.78 is 39.6. The van der Waals surface area contributed by atoms with Crippen molar-refractivity contribution in [3.63, 3.8) is 0 Å². The number of alkyl halides is 3. The van der Waals surface area contributed by atoms with Gasteiger partial charge in [-0.3, -0.25) is 0 Å². The number of anilines is 3. The molecule has 4 aromatic rings. The molecule has 6 nitrogen and oxygen atoms in total. The van der Waals surface area contributed by atoms with Crippen molar-refractivity contribution in [1.29, 1.82) is 0 Å². The van der Waals surface area contributed by atoms with Crippen molar-refractivity contribution in [3.05, 3.63) is 71.4 Å². The number of aromatic nitrogens is 3. The SMILES string of the molecule is Nc1ccc(NCCNc2nc(-c3cc(C(F)(F)F)ccc3Cl)nc3ccccc23)nc1. The summed E-state index contributed by atoms with van der Waals surface area (Å²) in [7, 11) is 0. The third kappa shape index (κ3) is 4.83. The molecule has 2 heterocycles. The topological polar surface area (TPSA) is 88.8 Å². The van der Waals surface area contributed by atoms with E-state index < -0.39 is 11.7 Å². The highest BCUT2D eigenvalue weighted by Crippen LogP contribution is 2.36. The summed E-state index contributed by atoms with van der Waals surface area (Å²) >= 11 is 6.20. The van der Waals surface area contributed by atoms with E-state index in [1.165, 1.54) is 6.07 Å². The predicted octanol–water partition coefficient (Wildman–Crippen LogP) is 5.47. The maximum Gasteiger partial charge on any atom is 0.416 e. The van der Waals surface area contributed by atoms with Gasteiger partial charge < -0.3 is 16.4 Å². The van der Waals surface area contributed by atoms with Crippen LogP contribution in [0.15, 0.2) is 60.8 Å². The summed E-state index contributed by atoms with van der Waals surface area (Å²) in [5, 5.41) is 7.24. The minimum Gasteiger partial charge on any atom is -0.397 e. The Morgan fingerprint density at radius 3 is 2.47 bits per heavy atom. The molecule has 4 N–H and O–H groups in total. The number of rotatable bonds is 6. The molecule has 0 aliphatic heterocycles. The number of hydrogen-bond acceptors (Lipinski definition) is 6. The van der Waals surface area contributed by atoms with E-state index in [9.17, 15) is 13.2 Å². The summed E-state index contributed by atoms with van der Waals surface area (Å²) in [5.41, 5.74) is 6.08. The highest BCUT2D eigenvalue weighted by Gasteiger charge is 2.31. The third-order valence-electron chi connectivity index (χ3n) is 4.65. The van der Waals surface area contributed by atoms with E-state index in [2.05, 4.69) is 25.6 Å². The molecular formula is C22H18ClF3N6. The molecule has 2 aromatic carbocycles. The number of nitrogens with zero attached hydrogens (tertiary/aromatic N) is 3. The van der Waals surface area contributed by atoms with Gasteiger partial charge in [-0.1, -0.05) is 23.7 Å². The van der Waals surface area contributed by atoms with Crippen molar-refractivity contribution in [2.24, 2.45) is 0 Å². The normalized spacial score (nSPS) is 11.5. The molecule has 0 aliphatic rings. The average Bonchev–Trinajstić information content (AvgIpc) is 2.77. The molecule has 4 rings (SSSR count). The van der Waals surface area contributed by atoms with Crippen molar-refractivity contribution in [2.75, 3.05) is 29.5 Å². The Morgan fingerprint density at radius 1 is 0.938 bits per heavy atom. The first-order chi connectivity index (χ1) is 15.3. The van der Waals surface area contributed by atoms with Crippen LogP contribution < -0.4 is 16.4 Å². The second-order valence-electron chi connectivity index (χ2n) is 6.94. The zero-order valence-electron chi connectivity index (χ0n) is 16.6. The van der Waals surface area contributed by atoms with E-state index in [0.29, 0.717) is 35.9 Å². The molecule has 0 saturated carbocycles. The van der Waals surface area contributed by atoms with E-state index in [1.54, 1.807) is 30.5 Å². The van der Waals surface area contributed by atoms with Gasteiger partial charge in [-0.2, -0.15) is 13.2 Å². The van der Waals surface area contributed by atoms with Crippen LogP contribution in [-0.4, -0.2) is 28.0 Å². The van der Waals surface area contributed by atoms with Crippen LogP contribution in [0.2, 0.25) is 5.02 Å². The van der Waals surface area contributed by atoms with Crippen LogP contribution >= 0.6 is 11.6 Å². The van der Waals surface area contributed by atoms with Gasteiger partial charge in [0.05, 0.1) is 28.0 Å². The summed E-state index contributed by atoms with van der Waals surface area (Å²) in [6, 6.07) is 13.8. The second-order valence-corrected chi connectivity index (χ2v) is 7.34. The first-order valence-electron chi connectivity index (χ1n) is 9.64. The summed E-state index contributed by atoms with van der Waals surface area (Å²) in [4.78, 5) is 13.1. The van der Waals surface area contributed by atoms with Crippen LogP contribution in [-0.2, 0) is 6.18 Å². The first-order valence-corrected chi connectivity index (χ1v) is 10.0. The monoisotopic (exact) mass is 458 g/mol. The van der Waals surface area contributed by atoms with Gasteiger partial charge in [0.25, 0.3) is 0 Å². The van der Waals surface area contributed by atoms with Gasteiger partial charge in [-0.15, -0.1) is 0 Å². The zero-order valence-corrected chi connectivity index (χ0v) is 17.4. The lowest BCUT2D eigenvalue weighted by atomic mass is 10.1. The van der Waals surface area contributed by atoms with Crippen molar-refractivity contribution in [1.82, 2.24) is 15.0 Å². The summed E-state index contributed by atoms with van der Waals surface area (Å²) in [6.45, 7) is 0.998. The Hall–Kier alpha value is -3.59. The van der Waals surface area contributed by atoms with Crippen LogP contribution in [0.3, 0.4) is 0 Å². The molecule has 0 bridgehead atoms. The largest absolute Gasteiger partial charge is 0.416 e. The third-order valence-corrected chi connectivity index (χ3v) is 4.98. The highest BCUT2D eigenvalue weighted by atomic mass is 35.5. The van der Waals surface area contributed by atoms with Gasteiger partial charge >= 0.3 is 6.18 Å². The minimum atomic E-state index is -4.50. The Kier molecular flexibility index (Phi) is 6.00. The van der Waals surface area contributed by atoms with E-state index in [1.807, 2.05) is 12.1 Å². The highest BCUT2D eigenvalue weighted by molar-refractivity contribution is 6.33. The van der Waals surface area contributed by atoms with Crippen molar-refractivity contribution in [3.8, 4) is 11.4 Å². The molecule has 32 heavy (non-hydrogen) atoms. The molecule has 164 valence electrons. The molecule has 0 saturated heterocycles. The van der Waals surface area contributed by atoms with Gasteiger partial charge in [-0.25, -0.2) is 15.0 Å². The fraction of sp³-hybridized carbons (Fsp3) is 0.136. The molecule has 0 unspecified atom stereocenters. The van der Waals surface area contributed by atoms with Crippen LogP contribution in [0, 0.1) is 0 Å². The Balaban J connectivity index is 1.61. The number of nitrogen functional groups attached to an aromatic ring is 1. The van der Waals surface area contributed by atoms with Gasteiger partial charge in [-0.05, 0) is 42.5 Å². The fourth-order valence-electron chi connectivity index (χ4n) is 3.09. The standard InChI is InChI=1S/C22H18ClF3N6/c23-17-7-5-13(22(24,25)26)11-16(17)21-31-18-4-2-1-3-15(18)20(32-21)29-10-9-28-19-8-6-14(27)12-30-19/h1-8,11-12H,9-10,27H2,(H,28,30)(H,29,31,32). The van der Waals surface area contributed by atoms with E-state index in [0.717, 1.165) is 17.5 Å². The molecule has 0 radical (unpaired) electrons. The smallest absolute Gasteiger partial charge is 0.397 e. The lowest BCUT2D eigenvalue weighted by Crippen LogP contribution is -2.15. The van der Waals surface area contributed by atoms with Crippen molar-refractivity contribution < 1.29 is 13.2 Å². The van der Waals surface area contributed by atoms with Crippen LogP contribution in [0.1, 0.15) is 5.56 Å². The number of fused-ring (bicyclic) bond motifs is 1. The predicted molar refractivity (Wildman–Crippen MR) is 121 cm³/mol. The molecule has 0 atom stereocenters. The van der Waals surface area contributed by atoms with Gasteiger partial charge in [0.15, 0.2) is 5.82 Å². The Bertz CT molecular complexity index is 1240. The number of benzene rings is 2. The average molecular weight is 459 g/mol. The summed E-state index contributed by atoms with van der Waals surface area (Å²) in [5.74, 6) is 1.27.